The molecule has 0 aliphatic heterocycles. The summed E-state index contributed by atoms with van der Waals surface area (Å²) in [6.07, 6.45) is 0. The summed E-state index contributed by atoms with van der Waals surface area (Å²) >= 11 is 11.4. The highest BCUT2D eigenvalue weighted by Gasteiger charge is 2.14. The van der Waals surface area contributed by atoms with Crippen LogP contribution in [0.5, 0.6) is 0 Å². The molecule has 19 heavy (non-hydrogen) atoms. The molecule has 0 unspecified atom stereocenters. The van der Waals surface area contributed by atoms with Crippen molar-refractivity contribution in [3.05, 3.63) is 45.2 Å². The lowest BCUT2D eigenvalue weighted by Gasteiger charge is -2.06. The molecule has 0 atom stereocenters. The van der Waals surface area contributed by atoms with E-state index in [2.05, 4.69) is 20.5 Å². The van der Waals surface area contributed by atoms with Gasteiger partial charge in [-0.1, -0.05) is 23.2 Å². The van der Waals surface area contributed by atoms with E-state index in [1.54, 1.807) is 6.92 Å². The maximum atomic E-state index is 13.3. The summed E-state index contributed by atoms with van der Waals surface area (Å²) in [5.74, 6) is -0.163. The standard InChI is InChI=1S/C11H9Cl2FN4O/c1-5-16-10(18-17-5)4-15-11(19)6-2-9(14)8(13)3-7(6)12/h2-3H,4H2,1H3,(H,15,19)(H,16,17,18). The van der Waals surface area contributed by atoms with Gasteiger partial charge in [-0.3, -0.25) is 9.89 Å². The van der Waals surface area contributed by atoms with E-state index in [0.29, 0.717) is 11.6 Å². The molecule has 0 saturated heterocycles. The Morgan fingerprint density at radius 3 is 2.79 bits per heavy atom. The molecule has 0 saturated carbocycles. The van der Waals surface area contributed by atoms with Gasteiger partial charge in [0.2, 0.25) is 0 Å². The molecule has 0 spiro atoms. The summed E-state index contributed by atoms with van der Waals surface area (Å²) in [5.41, 5.74) is 0.0100. The second-order valence-corrected chi connectivity index (χ2v) is 4.58. The lowest BCUT2D eigenvalue weighted by Crippen LogP contribution is -2.24. The number of carbonyl (C=O) groups is 1. The summed E-state index contributed by atoms with van der Waals surface area (Å²) in [7, 11) is 0. The number of rotatable bonds is 3. The second kappa shape index (κ2) is 5.54. The number of nitrogens with one attached hydrogen (secondary N) is 2. The van der Waals surface area contributed by atoms with Gasteiger partial charge in [0, 0.05) is 0 Å². The van der Waals surface area contributed by atoms with Crippen molar-refractivity contribution >= 4 is 29.1 Å². The van der Waals surface area contributed by atoms with Gasteiger partial charge in [0.05, 0.1) is 22.2 Å². The van der Waals surface area contributed by atoms with Crippen LogP contribution in [0.2, 0.25) is 10.0 Å². The molecule has 100 valence electrons. The molecule has 0 aliphatic carbocycles. The topological polar surface area (TPSA) is 70.7 Å². The third-order valence-electron chi connectivity index (χ3n) is 2.31. The van der Waals surface area contributed by atoms with E-state index >= 15 is 0 Å². The van der Waals surface area contributed by atoms with Crippen LogP contribution >= 0.6 is 23.2 Å². The van der Waals surface area contributed by atoms with Crippen LogP contribution in [0.15, 0.2) is 12.1 Å². The fraction of sp³-hybridized carbons (Fsp3) is 0.182. The normalized spacial score (nSPS) is 10.5. The van der Waals surface area contributed by atoms with Crippen molar-refractivity contribution < 1.29 is 9.18 Å². The van der Waals surface area contributed by atoms with Crippen molar-refractivity contribution in [1.29, 1.82) is 0 Å². The first-order valence-corrected chi connectivity index (χ1v) is 6.03. The van der Waals surface area contributed by atoms with Crippen molar-refractivity contribution in [3.63, 3.8) is 0 Å². The average Bonchev–Trinajstić information content (AvgIpc) is 2.77. The van der Waals surface area contributed by atoms with E-state index in [4.69, 9.17) is 23.2 Å². The van der Waals surface area contributed by atoms with E-state index in [1.165, 1.54) is 6.07 Å². The zero-order chi connectivity index (χ0) is 14.0. The Balaban J connectivity index is 2.10. The molecular formula is C11H9Cl2FN4O. The number of halogens is 3. The molecule has 0 radical (unpaired) electrons. The van der Waals surface area contributed by atoms with Gasteiger partial charge in [0.15, 0.2) is 5.82 Å². The number of nitrogens with zero attached hydrogens (tertiary/aromatic N) is 2. The van der Waals surface area contributed by atoms with Gasteiger partial charge in [-0.25, -0.2) is 9.37 Å². The molecule has 8 heteroatoms. The quantitative estimate of drug-likeness (QED) is 0.856. The number of benzene rings is 1. The van der Waals surface area contributed by atoms with Crippen LogP contribution in [0, 0.1) is 12.7 Å². The fourth-order valence-electron chi connectivity index (χ4n) is 1.42. The molecule has 1 amide bonds. The smallest absolute Gasteiger partial charge is 0.253 e. The summed E-state index contributed by atoms with van der Waals surface area (Å²) in [5, 5.41) is 8.98. The number of amides is 1. The maximum Gasteiger partial charge on any atom is 0.253 e. The van der Waals surface area contributed by atoms with Crippen molar-refractivity contribution in [1.82, 2.24) is 20.5 Å². The highest BCUT2D eigenvalue weighted by Crippen LogP contribution is 2.24. The van der Waals surface area contributed by atoms with E-state index in [0.717, 1.165) is 6.07 Å². The zero-order valence-corrected chi connectivity index (χ0v) is 11.3. The summed E-state index contributed by atoms with van der Waals surface area (Å²) in [6.45, 7) is 1.85. The van der Waals surface area contributed by atoms with Gasteiger partial charge in [0.25, 0.3) is 5.91 Å². The second-order valence-electron chi connectivity index (χ2n) is 3.77. The maximum absolute atomic E-state index is 13.3. The van der Waals surface area contributed by atoms with Crippen molar-refractivity contribution in [2.24, 2.45) is 0 Å². The van der Waals surface area contributed by atoms with Gasteiger partial charge in [-0.05, 0) is 19.1 Å². The summed E-state index contributed by atoms with van der Waals surface area (Å²) in [4.78, 5) is 15.9. The molecule has 2 N–H and O–H groups in total. The molecule has 2 rings (SSSR count). The van der Waals surface area contributed by atoms with Gasteiger partial charge < -0.3 is 5.32 Å². The lowest BCUT2D eigenvalue weighted by atomic mass is 10.2. The zero-order valence-electron chi connectivity index (χ0n) is 9.80. The summed E-state index contributed by atoms with van der Waals surface area (Å²) in [6, 6.07) is 2.17. The Morgan fingerprint density at radius 2 is 2.16 bits per heavy atom. The predicted molar refractivity (Wildman–Crippen MR) is 68.7 cm³/mol. The van der Waals surface area contributed by atoms with Gasteiger partial charge in [0.1, 0.15) is 11.6 Å². The first kappa shape index (κ1) is 13.8. The molecule has 0 fully saturated rings. The van der Waals surface area contributed by atoms with Crippen molar-refractivity contribution in [2.45, 2.75) is 13.5 Å². The third-order valence-corrected chi connectivity index (χ3v) is 2.91. The Hall–Kier alpha value is -1.66. The van der Waals surface area contributed by atoms with Crippen molar-refractivity contribution in [2.75, 3.05) is 0 Å². The first-order valence-electron chi connectivity index (χ1n) is 5.28. The molecular weight excluding hydrogens is 294 g/mol. The Morgan fingerprint density at radius 1 is 1.42 bits per heavy atom. The number of aromatic nitrogens is 3. The van der Waals surface area contributed by atoms with Gasteiger partial charge in [-0.2, -0.15) is 5.10 Å². The van der Waals surface area contributed by atoms with Crippen LogP contribution in [0.1, 0.15) is 22.0 Å². The SMILES string of the molecule is Cc1nc(CNC(=O)c2cc(F)c(Cl)cc2Cl)n[nH]1. The monoisotopic (exact) mass is 302 g/mol. The van der Waals surface area contributed by atoms with E-state index < -0.39 is 11.7 Å². The number of aryl methyl sites for hydroxylation is 1. The Labute approximate surface area is 118 Å². The van der Waals surface area contributed by atoms with Crippen molar-refractivity contribution in [3.8, 4) is 0 Å². The number of carbonyl (C=O) groups excluding carboxylic acids is 1. The van der Waals surface area contributed by atoms with Crippen LogP contribution in [-0.4, -0.2) is 21.1 Å². The summed E-state index contributed by atoms with van der Waals surface area (Å²) < 4.78 is 13.3. The molecule has 1 heterocycles. The van der Waals surface area contributed by atoms with Crippen LogP contribution in [0.25, 0.3) is 0 Å². The highest BCUT2D eigenvalue weighted by molar-refractivity contribution is 6.36. The number of aromatic amines is 1. The number of hydrogen-bond donors (Lipinski definition) is 2. The molecule has 0 bridgehead atoms. The third kappa shape index (κ3) is 3.21. The lowest BCUT2D eigenvalue weighted by molar-refractivity contribution is 0.0949. The largest absolute Gasteiger partial charge is 0.345 e. The van der Waals surface area contributed by atoms with E-state index in [1.807, 2.05) is 0 Å². The van der Waals surface area contributed by atoms with Gasteiger partial charge in [-0.15, -0.1) is 0 Å². The number of H-pyrrole nitrogens is 1. The van der Waals surface area contributed by atoms with Crippen LogP contribution in [-0.2, 0) is 6.54 Å². The Kier molecular flexibility index (Phi) is 4.01. The Bertz CT molecular complexity index is 629. The predicted octanol–water partition coefficient (Wildman–Crippen LogP) is 2.49. The first-order chi connectivity index (χ1) is 8.97. The highest BCUT2D eigenvalue weighted by atomic mass is 35.5. The van der Waals surface area contributed by atoms with Crippen LogP contribution < -0.4 is 5.32 Å². The average molecular weight is 303 g/mol. The minimum Gasteiger partial charge on any atom is -0.345 e. The molecule has 5 nitrogen and oxygen atoms in total. The van der Waals surface area contributed by atoms with E-state index in [-0.39, 0.29) is 22.2 Å². The van der Waals surface area contributed by atoms with Gasteiger partial charge >= 0.3 is 0 Å². The molecule has 2 aromatic rings. The van der Waals surface area contributed by atoms with Crippen LogP contribution in [0.3, 0.4) is 0 Å². The molecule has 1 aromatic heterocycles. The molecule has 1 aromatic carbocycles. The van der Waals surface area contributed by atoms with E-state index in [9.17, 15) is 9.18 Å². The minimum atomic E-state index is -0.704. The minimum absolute atomic E-state index is 0.0100. The molecule has 0 aliphatic rings. The van der Waals surface area contributed by atoms with Crippen LogP contribution in [0.4, 0.5) is 4.39 Å². The number of hydrogen-bond acceptors (Lipinski definition) is 3. The fourth-order valence-corrected chi connectivity index (χ4v) is 1.89.